The fourth-order valence-corrected chi connectivity index (χ4v) is 4.76. The van der Waals surface area contributed by atoms with Crippen molar-refractivity contribution < 1.29 is 14.6 Å². The Balaban J connectivity index is 1.68. The van der Waals surface area contributed by atoms with Crippen molar-refractivity contribution in [3.8, 4) is 28.3 Å². The van der Waals surface area contributed by atoms with Crippen LogP contribution in [0, 0.1) is 6.92 Å². The molecule has 11 heteroatoms. The largest absolute Gasteiger partial charge is 0.481 e. The predicted molar refractivity (Wildman–Crippen MR) is 160 cm³/mol. The van der Waals surface area contributed by atoms with E-state index in [1.807, 2.05) is 50.2 Å². The van der Waals surface area contributed by atoms with Crippen molar-refractivity contribution in [2.75, 3.05) is 19.0 Å². The second-order valence-electron chi connectivity index (χ2n) is 9.73. The Labute approximate surface area is 242 Å². The van der Waals surface area contributed by atoms with Crippen LogP contribution in [-0.4, -0.2) is 44.9 Å². The Hall–Kier alpha value is -4.25. The molecule has 1 amide bonds. The highest BCUT2D eigenvalue weighted by Crippen LogP contribution is 2.39. The highest BCUT2D eigenvalue weighted by Gasteiger charge is 2.19. The molecule has 2 heterocycles. The second-order valence-corrected chi connectivity index (χ2v) is 10.1. The topological polar surface area (TPSA) is 127 Å². The number of aromatic nitrogens is 3. The summed E-state index contributed by atoms with van der Waals surface area (Å²) in [6.07, 6.45) is 1.23. The molecule has 0 fully saturated rings. The molecule has 4 rings (SSSR count). The number of aliphatic hydroxyl groups excluding tert-OH is 1. The van der Waals surface area contributed by atoms with Crippen LogP contribution in [0.25, 0.3) is 22.4 Å². The molecule has 2 aromatic heterocycles. The summed E-state index contributed by atoms with van der Waals surface area (Å²) in [6.45, 7) is 4.23. The molecular weight excluding hydrogens is 546 g/mol. The zero-order valence-corrected chi connectivity index (χ0v) is 24.2. The maximum Gasteiger partial charge on any atom is 0.330 e. The second kappa shape index (κ2) is 12.5. The van der Waals surface area contributed by atoms with E-state index >= 15 is 0 Å². The normalized spacial score (nSPS) is 11.8. The minimum absolute atomic E-state index is 0.0200. The lowest BCUT2D eigenvalue weighted by molar-refractivity contribution is 0.102. The first-order valence-electron chi connectivity index (χ1n) is 12.9. The first-order valence-corrected chi connectivity index (χ1v) is 13.3. The fourth-order valence-electron chi connectivity index (χ4n) is 4.43. The van der Waals surface area contributed by atoms with Crippen molar-refractivity contribution in [3.63, 3.8) is 0 Å². The Morgan fingerprint density at radius 2 is 1.76 bits per heavy atom. The maximum absolute atomic E-state index is 13.0. The molecule has 1 atom stereocenters. The number of aryl methyl sites for hydroxylation is 1. The third kappa shape index (κ3) is 6.09. The van der Waals surface area contributed by atoms with Gasteiger partial charge in [0.25, 0.3) is 11.5 Å². The van der Waals surface area contributed by atoms with Crippen molar-refractivity contribution in [2.45, 2.75) is 26.4 Å². The summed E-state index contributed by atoms with van der Waals surface area (Å²) in [6, 6.07) is 14.8. The fraction of sp³-hybridized carbons (Fsp3) is 0.267. The molecule has 0 spiro atoms. The number of methoxy groups -OCH3 is 1. The minimum Gasteiger partial charge on any atom is -0.481 e. The number of hydrogen-bond donors (Lipinski definition) is 3. The molecule has 0 radical (unpaired) electrons. The Morgan fingerprint density at radius 1 is 1.07 bits per heavy atom. The first-order chi connectivity index (χ1) is 19.6. The van der Waals surface area contributed by atoms with Crippen LogP contribution in [-0.2, 0) is 20.6 Å². The van der Waals surface area contributed by atoms with Gasteiger partial charge in [0.15, 0.2) is 0 Å². The van der Waals surface area contributed by atoms with E-state index < -0.39 is 17.2 Å². The van der Waals surface area contributed by atoms with Crippen molar-refractivity contribution in [1.82, 2.24) is 19.4 Å². The summed E-state index contributed by atoms with van der Waals surface area (Å²) in [4.78, 5) is 42.3. The van der Waals surface area contributed by atoms with E-state index in [0.717, 1.165) is 26.8 Å². The van der Waals surface area contributed by atoms with E-state index in [0.29, 0.717) is 34.4 Å². The first kappa shape index (κ1) is 29.7. The molecule has 0 aliphatic heterocycles. The predicted octanol–water partition coefficient (Wildman–Crippen LogP) is 3.51. The molecule has 0 bridgehead atoms. The van der Waals surface area contributed by atoms with Gasteiger partial charge in [-0.25, -0.2) is 9.78 Å². The van der Waals surface area contributed by atoms with Gasteiger partial charge in [0.2, 0.25) is 5.88 Å². The number of anilines is 1. The minimum atomic E-state index is -0.678. The number of aliphatic hydroxyl groups is 1. The van der Waals surface area contributed by atoms with Crippen molar-refractivity contribution >= 4 is 23.2 Å². The average Bonchev–Trinajstić information content (AvgIpc) is 2.97. The molecule has 3 N–H and O–H groups in total. The van der Waals surface area contributed by atoms with Gasteiger partial charge in [0.1, 0.15) is 5.56 Å². The van der Waals surface area contributed by atoms with E-state index in [4.69, 9.17) is 16.3 Å². The highest BCUT2D eigenvalue weighted by atomic mass is 35.5. The lowest BCUT2D eigenvalue weighted by Crippen LogP contribution is -2.40. The summed E-state index contributed by atoms with van der Waals surface area (Å²) in [7, 11) is 4.36. The van der Waals surface area contributed by atoms with Gasteiger partial charge in [-0.1, -0.05) is 48.0 Å². The van der Waals surface area contributed by atoms with E-state index in [1.165, 1.54) is 24.9 Å². The maximum atomic E-state index is 13.0. The highest BCUT2D eigenvalue weighted by molar-refractivity contribution is 6.36. The van der Waals surface area contributed by atoms with Gasteiger partial charge in [-0.2, -0.15) is 0 Å². The van der Waals surface area contributed by atoms with E-state index in [9.17, 15) is 19.5 Å². The monoisotopic (exact) mass is 577 g/mol. The zero-order chi connectivity index (χ0) is 29.8. The lowest BCUT2D eigenvalue weighted by Gasteiger charge is -2.16. The number of halogens is 1. The van der Waals surface area contributed by atoms with E-state index in [2.05, 4.69) is 15.6 Å². The molecule has 0 aliphatic rings. The van der Waals surface area contributed by atoms with Gasteiger partial charge in [0.05, 0.1) is 24.4 Å². The molecule has 0 aliphatic carbocycles. The van der Waals surface area contributed by atoms with Crippen LogP contribution in [0.2, 0.25) is 5.02 Å². The molecule has 41 heavy (non-hydrogen) atoms. The summed E-state index contributed by atoms with van der Waals surface area (Å²) >= 11 is 6.95. The molecule has 0 saturated carbocycles. The van der Waals surface area contributed by atoms with Crippen LogP contribution in [0.5, 0.6) is 5.88 Å². The molecule has 214 valence electrons. The van der Waals surface area contributed by atoms with Gasteiger partial charge < -0.3 is 25.0 Å². The molecular formula is C30H32ClN5O5. The van der Waals surface area contributed by atoms with Crippen LogP contribution in [0.15, 0.2) is 64.3 Å². The standard InChI is InChI=1S/C30H32ClN5O5/c1-17(16-37)32-14-19-12-13-25(34-28(19)41-5)22-10-6-9-21(26(22)31)20-8-7-11-24(18(20)2)33-27(38)23-15-35(3)30(40)36(4)29(23)39/h6-13,15,17,32,37H,14,16H2,1-5H3,(H,33,38)/t17-/m1/s1. The van der Waals surface area contributed by atoms with Gasteiger partial charge in [-0.3, -0.25) is 14.2 Å². The number of nitrogens with zero attached hydrogens (tertiary/aromatic N) is 3. The quantitative estimate of drug-likeness (QED) is 0.278. The van der Waals surface area contributed by atoms with Gasteiger partial charge in [0, 0.05) is 55.3 Å². The van der Waals surface area contributed by atoms with Crippen molar-refractivity contribution in [2.24, 2.45) is 14.1 Å². The number of benzene rings is 2. The molecule has 4 aromatic rings. The van der Waals surface area contributed by atoms with E-state index in [-0.39, 0.29) is 18.2 Å². The average molecular weight is 578 g/mol. The number of pyridine rings is 1. The number of rotatable bonds is 9. The molecule has 0 saturated heterocycles. The van der Waals surface area contributed by atoms with Crippen LogP contribution >= 0.6 is 11.6 Å². The van der Waals surface area contributed by atoms with Crippen LogP contribution in [0.1, 0.15) is 28.4 Å². The number of ether oxygens (including phenoxy) is 1. The molecule has 2 aromatic carbocycles. The molecule has 10 nitrogen and oxygen atoms in total. The number of carbonyl (C=O) groups excluding carboxylic acids is 1. The zero-order valence-electron chi connectivity index (χ0n) is 23.5. The van der Waals surface area contributed by atoms with Gasteiger partial charge in [-0.05, 0) is 37.1 Å². The summed E-state index contributed by atoms with van der Waals surface area (Å²) in [5.41, 5.74) is 3.59. The van der Waals surface area contributed by atoms with E-state index in [1.54, 1.807) is 19.2 Å². The van der Waals surface area contributed by atoms with Gasteiger partial charge >= 0.3 is 5.69 Å². The third-order valence-corrected chi connectivity index (χ3v) is 7.29. The summed E-state index contributed by atoms with van der Waals surface area (Å²) in [5, 5.41) is 15.8. The van der Waals surface area contributed by atoms with Crippen LogP contribution in [0.4, 0.5) is 5.69 Å². The Bertz CT molecular complexity index is 1730. The number of hydrogen-bond acceptors (Lipinski definition) is 7. The van der Waals surface area contributed by atoms with Crippen molar-refractivity contribution in [1.29, 1.82) is 0 Å². The third-order valence-electron chi connectivity index (χ3n) is 6.89. The number of nitrogens with one attached hydrogen (secondary N) is 2. The van der Waals surface area contributed by atoms with Gasteiger partial charge in [-0.15, -0.1) is 0 Å². The van der Waals surface area contributed by atoms with Crippen molar-refractivity contribution in [3.05, 3.63) is 97.3 Å². The molecule has 0 unspecified atom stereocenters. The van der Waals surface area contributed by atoms with Crippen LogP contribution < -0.4 is 26.6 Å². The lowest BCUT2D eigenvalue weighted by atomic mass is 9.96. The summed E-state index contributed by atoms with van der Waals surface area (Å²) < 4.78 is 7.61. The summed E-state index contributed by atoms with van der Waals surface area (Å²) in [5.74, 6) is -0.174. The Kier molecular flexibility index (Phi) is 9.07. The smallest absolute Gasteiger partial charge is 0.330 e. The Morgan fingerprint density at radius 3 is 2.46 bits per heavy atom. The number of carbonyl (C=O) groups is 1. The number of amides is 1. The SMILES string of the molecule is COc1nc(-c2cccc(-c3cccc(NC(=O)c4cn(C)c(=O)n(C)c4=O)c3C)c2Cl)ccc1CN[C@H](C)CO. The van der Waals surface area contributed by atoms with Crippen LogP contribution in [0.3, 0.4) is 0 Å².